The molecule has 0 saturated carbocycles. The second-order valence-electron chi connectivity index (χ2n) is 16.5. The predicted molar refractivity (Wildman–Crippen MR) is 240 cm³/mol. The molecule has 1 aliphatic carbocycles. The van der Waals surface area contributed by atoms with Crippen LogP contribution in [-0.4, -0.2) is 112 Å². The molecule has 0 atom stereocenters. The molecule has 3 aromatic heterocycles. The van der Waals surface area contributed by atoms with E-state index in [1.165, 1.54) is 22.1 Å². The van der Waals surface area contributed by atoms with E-state index in [0.29, 0.717) is 26.8 Å². The van der Waals surface area contributed by atoms with Crippen LogP contribution in [0.5, 0.6) is 80.5 Å². The molecule has 14 N–H and O–H groups in total. The first kappa shape index (κ1) is 41.0. The molecule has 22 heteroatoms. The first-order chi connectivity index (χ1) is 31.1. The van der Waals surface area contributed by atoms with Crippen molar-refractivity contribution < 1.29 is 75.9 Å². The van der Waals surface area contributed by atoms with Crippen LogP contribution in [0, 0.1) is 6.92 Å². The molecule has 0 spiro atoms. The molecular weight excluding hydrogens is 860 g/mol. The molecule has 9 aromatic rings. The molecule has 0 bridgehead atoms. The van der Waals surface area contributed by atoms with Crippen LogP contribution in [0.2, 0.25) is 0 Å². The summed E-state index contributed by atoms with van der Waals surface area (Å²) in [5.41, 5.74) is -0.455. The van der Waals surface area contributed by atoms with Gasteiger partial charge in [0, 0.05) is 16.5 Å². The Morgan fingerprint density at radius 3 is 1.71 bits per heavy atom. The van der Waals surface area contributed by atoms with Crippen molar-refractivity contribution in [1.82, 2.24) is 24.5 Å². The summed E-state index contributed by atoms with van der Waals surface area (Å²) in [5, 5.41) is 157. The van der Waals surface area contributed by atoms with E-state index in [1.54, 1.807) is 18.2 Å². The van der Waals surface area contributed by atoms with Gasteiger partial charge in [-0.1, -0.05) is 32.0 Å². The first-order valence-electron chi connectivity index (χ1n) is 19.7. The van der Waals surface area contributed by atoms with Crippen LogP contribution in [-0.2, 0) is 5.41 Å². The lowest BCUT2D eigenvalue weighted by Crippen LogP contribution is -2.18. The third-order valence-corrected chi connectivity index (χ3v) is 12.7. The summed E-state index contributed by atoms with van der Waals surface area (Å²) in [5.74, 6) is -16.5. The van der Waals surface area contributed by atoms with E-state index < -0.39 is 142 Å². The van der Waals surface area contributed by atoms with Crippen LogP contribution in [0.3, 0.4) is 0 Å². The number of aromatic nitrogens is 5. The fraction of sp³-hybridized carbons (Fsp3) is 0.0909. The van der Waals surface area contributed by atoms with Gasteiger partial charge in [-0.15, -0.1) is 0 Å². The second kappa shape index (κ2) is 13.2. The number of hydrogen-bond acceptors (Lipinski definition) is 19. The zero-order valence-electron chi connectivity index (χ0n) is 34.9. The van der Waals surface area contributed by atoms with Crippen LogP contribution in [0.4, 0.5) is 0 Å². The van der Waals surface area contributed by atoms with Gasteiger partial charge in [-0.2, -0.15) is 9.97 Å². The van der Waals surface area contributed by atoms with Crippen molar-refractivity contribution in [2.45, 2.75) is 26.2 Å². The molecule has 1 aliphatic rings. The van der Waals surface area contributed by atoms with Crippen LogP contribution in [0.25, 0.3) is 83.9 Å². The summed E-state index contributed by atoms with van der Waals surface area (Å²) >= 11 is 0. The smallest absolute Gasteiger partial charge is 0.239 e. The summed E-state index contributed by atoms with van der Waals surface area (Å²) < 4.78 is 6.47. The van der Waals surface area contributed by atoms with Crippen molar-refractivity contribution in [3.05, 3.63) is 53.4 Å². The average Bonchev–Trinajstić information content (AvgIpc) is 3.98. The molecular formula is C44H33B2N5O15. The highest BCUT2D eigenvalue weighted by molar-refractivity contribution is 6.43. The SMILES string of the molecule is Bc1c(O)c(O)c(B)c(-c2nc(-c3c(O)c(O)c(C)c(O)c3O)nc(-n3c4c(O)c(O)c(O)c(O)c4c4c(O)c(-c5ccc6c(c5)-c5c(ccc7ncoc57)C6(C)C)c(O)c(O)c43)n2)c1O. The minimum absolute atomic E-state index is 0.108. The maximum absolute atomic E-state index is 12.4. The van der Waals surface area contributed by atoms with Crippen molar-refractivity contribution in [1.29, 1.82) is 0 Å². The topological polar surface area (TPSA) is 353 Å². The number of oxazole rings is 1. The van der Waals surface area contributed by atoms with Gasteiger partial charge in [-0.05, 0) is 52.2 Å². The molecule has 66 heavy (non-hydrogen) atoms. The fourth-order valence-electron chi connectivity index (χ4n) is 9.13. The number of rotatable bonds is 4. The molecule has 10 rings (SSSR count). The van der Waals surface area contributed by atoms with Gasteiger partial charge < -0.3 is 75.9 Å². The summed E-state index contributed by atoms with van der Waals surface area (Å²) in [7, 11) is 2.47. The monoisotopic (exact) mass is 893 g/mol. The van der Waals surface area contributed by atoms with E-state index in [0.717, 1.165) is 18.1 Å². The molecule has 0 unspecified atom stereocenters. The minimum Gasteiger partial charge on any atom is -0.508 e. The van der Waals surface area contributed by atoms with Gasteiger partial charge in [0.05, 0.1) is 21.9 Å². The van der Waals surface area contributed by atoms with E-state index in [9.17, 15) is 71.5 Å². The number of fused-ring (bicyclic) bond motifs is 8. The number of nitrogens with zero attached hydrogens (tertiary/aromatic N) is 5. The maximum atomic E-state index is 12.4. The summed E-state index contributed by atoms with van der Waals surface area (Å²) in [4.78, 5) is 17.2. The quantitative estimate of drug-likeness (QED) is 0.0685. The normalized spacial score (nSPS) is 13.0. The van der Waals surface area contributed by atoms with E-state index in [1.807, 2.05) is 26.0 Å². The van der Waals surface area contributed by atoms with Gasteiger partial charge in [0.15, 0.2) is 81.1 Å². The fourth-order valence-corrected chi connectivity index (χ4v) is 9.13. The van der Waals surface area contributed by atoms with Crippen LogP contribution in [0.1, 0.15) is 30.5 Å². The number of phenols is 14. The highest BCUT2D eigenvalue weighted by Gasteiger charge is 2.39. The second-order valence-corrected chi connectivity index (χ2v) is 16.5. The van der Waals surface area contributed by atoms with Gasteiger partial charge >= 0.3 is 0 Å². The zero-order valence-corrected chi connectivity index (χ0v) is 34.9. The first-order valence-corrected chi connectivity index (χ1v) is 19.7. The number of phenolic OH excluding ortho intramolecular Hbond substituents is 14. The Morgan fingerprint density at radius 2 is 1.06 bits per heavy atom. The van der Waals surface area contributed by atoms with Crippen LogP contribution in [0.15, 0.2) is 41.1 Å². The Balaban J connectivity index is 1.35. The van der Waals surface area contributed by atoms with Crippen molar-refractivity contribution in [2.24, 2.45) is 0 Å². The lowest BCUT2D eigenvalue weighted by atomic mass is 9.81. The van der Waals surface area contributed by atoms with E-state index in [-0.39, 0.29) is 22.1 Å². The van der Waals surface area contributed by atoms with Gasteiger partial charge in [-0.3, -0.25) is 4.57 Å². The molecule has 6 aromatic carbocycles. The maximum Gasteiger partial charge on any atom is 0.239 e. The lowest BCUT2D eigenvalue weighted by molar-refractivity contribution is 0.350. The molecule has 0 radical (unpaired) electrons. The van der Waals surface area contributed by atoms with E-state index in [2.05, 4.69) is 19.9 Å². The summed E-state index contributed by atoms with van der Waals surface area (Å²) in [6.45, 7) is 5.15. The number of benzene rings is 6. The van der Waals surface area contributed by atoms with Crippen LogP contribution < -0.4 is 10.9 Å². The molecule has 0 amide bonds. The zero-order chi connectivity index (χ0) is 47.5. The average molecular weight is 893 g/mol. The highest BCUT2D eigenvalue weighted by Crippen LogP contribution is 2.60. The summed E-state index contributed by atoms with van der Waals surface area (Å²) in [6, 6.07) is 8.67. The standard InChI is InChI=1S/C44H33B2N5O15/c1-10-26(52)32(58)21(33(59)27(10)53)42-48-41(20-22(45)34(60)35(61)23(46)29(20)55)49-43(50-42)51-24-18(19-25(51)37(63)39(65)38(64)31(19)57)28(54)16(30(56)36(24)62)11-4-5-13-12(8-11)17-14(44(13,2)3)6-7-15-40(17)66-9-47-15/h4-9,52-65H,45-46H2,1-3H3. The molecule has 330 valence electrons. The Labute approximate surface area is 370 Å². The Kier molecular flexibility index (Phi) is 8.21. The molecule has 0 fully saturated rings. The van der Waals surface area contributed by atoms with Gasteiger partial charge in [0.1, 0.15) is 49.3 Å². The largest absolute Gasteiger partial charge is 0.508 e. The van der Waals surface area contributed by atoms with E-state index >= 15 is 0 Å². The number of hydrogen-bond donors (Lipinski definition) is 14. The predicted octanol–water partition coefficient (Wildman–Crippen LogP) is 3.12. The number of aromatic hydroxyl groups is 14. The van der Waals surface area contributed by atoms with Gasteiger partial charge in [-0.25, -0.2) is 9.97 Å². The summed E-state index contributed by atoms with van der Waals surface area (Å²) in [6.07, 6.45) is 1.30. The minimum atomic E-state index is -1.32. The third-order valence-electron chi connectivity index (χ3n) is 12.7. The molecule has 20 nitrogen and oxygen atoms in total. The van der Waals surface area contributed by atoms with Crippen molar-refractivity contribution in [2.75, 3.05) is 0 Å². The highest BCUT2D eigenvalue weighted by atomic mass is 16.4. The molecule has 3 heterocycles. The van der Waals surface area contributed by atoms with Gasteiger partial charge in [0.2, 0.25) is 17.4 Å². The van der Waals surface area contributed by atoms with Crippen molar-refractivity contribution >= 4 is 59.5 Å². The Morgan fingerprint density at radius 1 is 0.515 bits per heavy atom. The molecule has 0 aliphatic heterocycles. The Hall–Kier alpha value is -9.07. The lowest BCUT2D eigenvalue weighted by Gasteiger charge is -2.21. The van der Waals surface area contributed by atoms with Gasteiger partial charge in [0.25, 0.3) is 0 Å². The van der Waals surface area contributed by atoms with Crippen LogP contribution >= 0.6 is 0 Å². The third kappa shape index (κ3) is 4.99. The van der Waals surface area contributed by atoms with Crippen molar-refractivity contribution in [3.63, 3.8) is 0 Å². The van der Waals surface area contributed by atoms with Crippen molar-refractivity contribution in [3.8, 4) is 131 Å². The Bertz CT molecular complexity index is 3590. The molecule has 0 saturated heterocycles. The van der Waals surface area contributed by atoms with E-state index in [4.69, 9.17) is 4.42 Å².